The van der Waals surface area contributed by atoms with Gasteiger partial charge >= 0.3 is 5.97 Å². The predicted octanol–water partition coefficient (Wildman–Crippen LogP) is 4.02. The average molecular weight is 445 g/mol. The second-order valence-corrected chi connectivity index (χ2v) is 15.9. The van der Waals surface area contributed by atoms with E-state index >= 15 is 0 Å². The number of carbonyl (C=O) groups is 2. The fraction of sp³-hybridized carbons (Fsp3) is 0.500. The summed E-state index contributed by atoms with van der Waals surface area (Å²) in [4.78, 5) is 33.6. The van der Waals surface area contributed by atoms with Crippen LogP contribution in [-0.4, -0.2) is 44.9 Å². The predicted molar refractivity (Wildman–Crippen MR) is 120 cm³/mol. The number of pyridine rings is 1. The van der Waals surface area contributed by atoms with Crippen LogP contribution in [0.1, 0.15) is 32.6 Å². The smallest absolute Gasteiger partial charge is 0.348 e. The summed E-state index contributed by atoms with van der Waals surface area (Å²) in [5, 5.41) is 0. The van der Waals surface area contributed by atoms with Crippen LogP contribution in [0.2, 0.25) is 25.7 Å². The summed E-state index contributed by atoms with van der Waals surface area (Å²) < 4.78 is 11.0. The van der Waals surface area contributed by atoms with Crippen molar-refractivity contribution in [2.24, 2.45) is 0 Å². The Labute approximate surface area is 182 Å². The fourth-order valence-corrected chi connectivity index (χ4v) is 6.13. The molecule has 1 amide bonds. The van der Waals surface area contributed by atoms with E-state index in [9.17, 15) is 9.59 Å². The zero-order chi connectivity index (χ0) is 21.5. The highest BCUT2D eigenvalue weighted by atomic mass is 32.1. The van der Waals surface area contributed by atoms with Crippen LogP contribution >= 0.6 is 11.3 Å². The number of thiophene rings is 1. The van der Waals surface area contributed by atoms with E-state index in [4.69, 9.17) is 9.47 Å². The number of aromatic nitrogens is 1. The van der Waals surface area contributed by atoms with Gasteiger partial charge in [0.1, 0.15) is 17.4 Å². The van der Waals surface area contributed by atoms with E-state index in [1.54, 1.807) is 18.0 Å². The summed E-state index contributed by atoms with van der Waals surface area (Å²) in [7, 11) is -1.19. The quantitative estimate of drug-likeness (QED) is 0.367. The maximum Gasteiger partial charge on any atom is 0.348 e. The van der Waals surface area contributed by atoms with E-state index in [0.29, 0.717) is 36.8 Å². The summed E-state index contributed by atoms with van der Waals surface area (Å²) in [6, 6.07) is 6.84. The third-order valence-electron chi connectivity index (χ3n) is 5.76. The summed E-state index contributed by atoms with van der Waals surface area (Å²) >= 11 is 1.44. The third-order valence-corrected chi connectivity index (χ3v) is 8.62. The van der Waals surface area contributed by atoms with E-state index in [1.807, 2.05) is 18.2 Å². The first kappa shape index (κ1) is 21.2. The standard InChI is InChI=1S/C22H28N2O4SSi/c1-5-28-20(25)17-11-15-12-22(13-18(15)29-17)16-7-6-8-23-19(16)24(21(22)26)14-27-9-10-30(2,3)4/h6-8,11H,5,9-10,12-14H2,1-4H3/t22-/m1/s1. The second kappa shape index (κ2) is 7.90. The fourth-order valence-electron chi connectivity index (χ4n) is 4.18. The van der Waals surface area contributed by atoms with Gasteiger partial charge in [-0.05, 0) is 37.1 Å². The molecule has 3 heterocycles. The van der Waals surface area contributed by atoms with Gasteiger partial charge in [-0.2, -0.15) is 0 Å². The Hall–Kier alpha value is -2.03. The molecule has 2 aromatic heterocycles. The average Bonchev–Trinajstić information content (AvgIpc) is 3.30. The molecular formula is C22H28N2O4SSi. The van der Waals surface area contributed by atoms with E-state index in [1.165, 1.54) is 11.3 Å². The Balaban J connectivity index is 1.55. The summed E-state index contributed by atoms with van der Waals surface area (Å²) in [6.07, 6.45) is 2.90. The van der Waals surface area contributed by atoms with Gasteiger partial charge in [-0.15, -0.1) is 11.3 Å². The zero-order valence-electron chi connectivity index (χ0n) is 18.0. The number of ether oxygens (including phenoxy) is 2. The van der Waals surface area contributed by atoms with Crippen molar-refractivity contribution in [2.75, 3.05) is 24.8 Å². The van der Waals surface area contributed by atoms with Crippen molar-refractivity contribution in [2.45, 2.75) is 50.9 Å². The topological polar surface area (TPSA) is 68.7 Å². The molecule has 30 heavy (non-hydrogen) atoms. The molecule has 4 rings (SSSR count). The molecule has 1 spiro atoms. The van der Waals surface area contributed by atoms with Crippen LogP contribution < -0.4 is 4.90 Å². The number of esters is 1. The first-order valence-electron chi connectivity index (χ1n) is 10.4. The number of fused-ring (bicyclic) bond motifs is 3. The van der Waals surface area contributed by atoms with Gasteiger partial charge in [0, 0.05) is 37.7 Å². The molecule has 1 aliphatic carbocycles. The molecular weight excluding hydrogens is 416 g/mol. The van der Waals surface area contributed by atoms with Gasteiger partial charge < -0.3 is 9.47 Å². The highest BCUT2D eigenvalue weighted by Crippen LogP contribution is 2.50. The molecule has 2 aromatic rings. The summed E-state index contributed by atoms with van der Waals surface area (Å²) in [6.45, 7) is 9.98. The van der Waals surface area contributed by atoms with Crippen LogP contribution in [0.3, 0.4) is 0 Å². The number of hydrogen-bond donors (Lipinski definition) is 0. The van der Waals surface area contributed by atoms with Crippen molar-refractivity contribution < 1.29 is 19.1 Å². The number of carbonyl (C=O) groups excluding carboxylic acids is 2. The van der Waals surface area contributed by atoms with E-state index in [2.05, 4.69) is 24.6 Å². The van der Waals surface area contributed by atoms with Crippen LogP contribution in [0.25, 0.3) is 0 Å². The minimum Gasteiger partial charge on any atom is -0.462 e. The Kier molecular flexibility index (Phi) is 5.59. The van der Waals surface area contributed by atoms with Crippen LogP contribution in [0.5, 0.6) is 0 Å². The lowest BCUT2D eigenvalue weighted by atomic mass is 9.80. The van der Waals surface area contributed by atoms with E-state index in [-0.39, 0.29) is 18.6 Å². The first-order valence-corrected chi connectivity index (χ1v) is 14.9. The van der Waals surface area contributed by atoms with Crippen molar-refractivity contribution in [1.29, 1.82) is 0 Å². The van der Waals surface area contributed by atoms with Crippen LogP contribution in [0.4, 0.5) is 5.82 Å². The van der Waals surface area contributed by atoms with Gasteiger partial charge in [-0.1, -0.05) is 25.7 Å². The maximum absolute atomic E-state index is 13.6. The van der Waals surface area contributed by atoms with E-state index in [0.717, 1.165) is 22.0 Å². The number of anilines is 1. The normalized spacial score (nSPS) is 20.0. The molecule has 0 unspecified atom stereocenters. The van der Waals surface area contributed by atoms with E-state index < -0.39 is 13.5 Å². The van der Waals surface area contributed by atoms with Gasteiger partial charge in [0.05, 0.1) is 12.0 Å². The molecule has 0 saturated heterocycles. The first-order chi connectivity index (χ1) is 14.2. The Morgan fingerprint density at radius 3 is 2.83 bits per heavy atom. The molecule has 0 aromatic carbocycles. The SMILES string of the molecule is CCOC(=O)c1cc2c(s1)C[C@@]1(C2)C(=O)N(COCC[Si](C)(C)C)c2ncccc21. The molecule has 0 bridgehead atoms. The summed E-state index contributed by atoms with van der Waals surface area (Å²) in [5.41, 5.74) is 1.39. The molecule has 0 radical (unpaired) electrons. The number of nitrogens with zero attached hydrogens (tertiary/aromatic N) is 2. The molecule has 0 saturated carbocycles. The van der Waals surface area contributed by atoms with Gasteiger partial charge in [-0.25, -0.2) is 9.78 Å². The largest absolute Gasteiger partial charge is 0.462 e. The van der Waals surface area contributed by atoms with Crippen LogP contribution in [0, 0.1) is 0 Å². The Morgan fingerprint density at radius 1 is 1.33 bits per heavy atom. The van der Waals surface area contributed by atoms with Gasteiger partial charge in [0.2, 0.25) is 5.91 Å². The molecule has 1 atom stereocenters. The number of rotatable bonds is 7. The number of amides is 1. The van der Waals surface area contributed by atoms with Gasteiger partial charge in [0.25, 0.3) is 0 Å². The zero-order valence-corrected chi connectivity index (χ0v) is 19.8. The lowest BCUT2D eigenvalue weighted by molar-refractivity contribution is -0.124. The molecule has 8 heteroatoms. The third kappa shape index (κ3) is 3.72. The number of hydrogen-bond acceptors (Lipinski definition) is 6. The molecule has 0 fully saturated rings. The lowest BCUT2D eigenvalue weighted by Gasteiger charge is -2.24. The molecule has 2 aliphatic rings. The minimum absolute atomic E-state index is 0.0466. The van der Waals surface area contributed by atoms with Gasteiger partial charge in [-0.3, -0.25) is 9.69 Å². The van der Waals surface area contributed by atoms with Crippen molar-refractivity contribution in [3.8, 4) is 0 Å². The van der Waals surface area contributed by atoms with Gasteiger partial charge in [0.15, 0.2) is 0 Å². The Bertz CT molecular complexity index is 958. The lowest BCUT2D eigenvalue weighted by Crippen LogP contribution is -2.42. The summed E-state index contributed by atoms with van der Waals surface area (Å²) in [5.74, 6) is 0.463. The van der Waals surface area contributed by atoms with Crippen molar-refractivity contribution in [3.63, 3.8) is 0 Å². The van der Waals surface area contributed by atoms with Crippen LogP contribution in [-0.2, 0) is 32.5 Å². The van der Waals surface area contributed by atoms with Crippen molar-refractivity contribution in [1.82, 2.24) is 4.98 Å². The second-order valence-electron chi connectivity index (χ2n) is 9.17. The molecule has 1 aliphatic heterocycles. The van der Waals surface area contributed by atoms with Crippen molar-refractivity contribution >= 4 is 37.1 Å². The maximum atomic E-state index is 13.6. The van der Waals surface area contributed by atoms with Crippen LogP contribution in [0.15, 0.2) is 24.4 Å². The molecule has 160 valence electrons. The molecule has 0 N–H and O–H groups in total. The highest BCUT2D eigenvalue weighted by molar-refractivity contribution is 7.14. The van der Waals surface area contributed by atoms with Crippen molar-refractivity contribution in [3.05, 3.63) is 45.3 Å². The monoisotopic (exact) mass is 444 g/mol. The molecule has 6 nitrogen and oxygen atoms in total. The highest BCUT2D eigenvalue weighted by Gasteiger charge is 2.55. The minimum atomic E-state index is -1.19. The Morgan fingerprint density at radius 2 is 2.13 bits per heavy atom.